The Bertz CT molecular complexity index is 117. The van der Waals surface area contributed by atoms with Gasteiger partial charge in [0, 0.05) is 7.11 Å². The van der Waals surface area contributed by atoms with Gasteiger partial charge in [0.25, 0.3) is 5.81 Å². The summed E-state index contributed by atoms with van der Waals surface area (Å²) in [6.07, 6.45) is 8.35. The van der Waals surface area contributed by atoms with Crippen molar-refractivity contribution in [1.82, 2.24) is 0 Å². The first kappa shape index (κ1) is 13.9. The van der Waals surface area contributed by atoms with Crippen LogP contribution in [0, 0.1) is 0 Å². The SMILES string of the molecule is CCCCCCCC[Si](C)(I)OC. The van der Waals surface area contributed by atoms with Crippen molar-refractivity contribution in [3.63, 3.8) is 0 Å². The zero-order valence-electron chi connectivity index (χ0n) is 9.24. The third kappa shape index (κ3) is 9.22. The summed E-state index contributed by atoms with van der Waals surface area (Å²) in [6, 6.07) is 1.32. The molecule has 0 saturated heterocycles. The first-order valence-corrected chi connectivity index (χ1v) is 11.1. The van der Waals surface area contributed by atoms with E-state index in [0.717, 1.165) is 0 Å². The third-order valence-corrected chi connectivity index (χ3v) is 7.44. The van der Waals surface area contributed by atoms with Crippen LogP contribution in [0.3, 0.4) is 0 Å². The summed E-state index contributed by atoms with van der Waals surface area (Å²) in [4.78, 5) is 0. The fraction of sp³-hybridized carbons (Fsp3) is 1.00. The van der Waals surface area contributed by atoms with Gasteiger partial charge < -0.3 is 4.43 Å². The number of rotatable bonds is 8. The van der Waals surface area contributed by atoms with Crippen LogP contribution < -0.4 is 0 Å². The molecule has 3 heteroatoms. The van der Waals surface area contributed by atoms with Gasteiger partial charge in [0.05, 0.1) is 0 Å². The third-order valence-electron chi connectivity index (χ3n) is 2.40. The largest absolute Gasteiger partial charge is 0.410 e. The average molecular weight is 314 g/mol. The topological polar surface area (TPSA) is 9.23 Å². The molecule has 1 unspecified atom stereocenters. The molecule has 0 aromatic carbocycles. The molecule has 0 aliphatic carbocycles. The monoisotopic (exact) mass is 314 g/mol. The van der Waals surface area contributed by atoms with E-state index in [1.807, 2.05) is 7.11 Å². The lowest BCUT2D eigenvalue weighted by Gasteiger charge is -2.16. The van der Waals surface area contributed by atoms with Crippen molar-refractivity contribution in [2.75, 3.05) is 7.11 Å². The van der Waals surface area contributed by atoms with E-state index in [4.69, 9.17) is 4.43 Å². The minimum atomic E-state index is -1.28. The molecule has 0 N–H and O–H groups in total. The van der Waals surface area contributed by atoms with Gasteiger partial charge in [0.2, 0.25) is 0 Å². The number of hydrogen-bond donors (Lipinski definition) is 0. The zero-order chi connectivity index (χ0) is 10.2. The van der Waals surface area contributed by atoms with Crippen LogP contribution in [0.25, 0.3) is 0 Å². The van der Waals surface area contributed by atoms with Crippen molar-refractivity contribution in [1.29, 1.82) is 0 Å². The lowest BCUT2D eigenvalue weighted by atomic mass is 10.1. The highest BCUT2D eigenvalue weighted by Crippen LogP contribution is 2.22. The van der Waals surface area contributed by atoms with Crippen LogP contribution in [0.2, 0.25) is 12.6 Å². The normalized spacial score (nSPS) is 15.7. The molecule has 0 rings (SSSR count). The maximum atomic E-state index is 5.49. The molecule has 0 spiro atoms. The lowest BCUT2D eigenvalue weighted by Crippen LogP contribution is -2.23. The van der Waals surface area contributed by atoms with Crippen LogP contribution in [0.1, 0.15) is 45.4 Å². The quantitative estimate of drug-likeness (QED) is 0.277. The van der Waals surface area contributed by atoms with E-state index in [9.17, 15) is 0 Å². The summed E-state index contributed by atoms with van der Waals surface area (Å²) in [5.41, 5.74) is 0. The van der Waals surface area contributed by atoms with Crippen LogP contribution in [0.4, 0.5) is 0 Å². The maximum absolute atomic E-state index is 5.49. The van der Waals surface area contributed by atoms with Gasteiger partial charge in [-0.25, -0.2) is 0 Å². The number of halogens is 1. The predicted octanol–water partition coefficient (Wildman–Crippen LogP) is 4.50. The van der Waals surface area contributed by atoms with Crippen LogP contribution in [-0.4, -0.2) is 12.9 Å². The van der Waals surface area contributed by atoms with Crippen molar-refractivity contribution in [2.45, 2.75) is 58.0 Å². The lowest BCUT2D eigenvalue weighted by molar-refractivity contribution is 0.418. The molecule has 0 amide bonds. The van der Waals surface area contributed by atoms with Crippen LogP contribution in [-0.2, 0) is 4.43 Å². The molecule has 1 nitrogen and oxygen atoms in total. The van der Waals surface area contributed by atoms with Crippen molar-refractivity contribution in [3.05, 3.63) is 0 Å². The summed E-state index contributed by atoms with van der Waals surface area (Å²) in [6.45, 7) is 4.55. The Balaban J connectivity index is 3.16. The molecule has 0 heterocycles. The number of hydrogen-bond acceptors (Lipinski definition) is 1. The van der Waals surface area contributed by atoms with Gasteiger partial charge in [-0.1, -0.05) is 67.2 Å². The molecule has 0 aliphatic rings. The summed E-state index contributed by atoms with van der Waals surface area (Å²) < 4.78 is 5.49. The van der Waals surface area contributed by atoms with Gasteiger partial charge >= 0.3 is 0 Å². The van der Waals surface area contributed by atoms with Crippen LogP contribution >= 0.6 is 21.8 Å². The maximum Gasteiger partial charge on any atom is 0.255 e. The summed E-state index contributed by atoms with van der Waals surface area (Å²) >= 11 is 2.52. The molecule has 0 aromatic heterocycles. The highest BCUT2D eigenvalue weighted by atomic mass is 127. The molecular formula is C10H23IOSi. The minimum absolute atomic E-state index is 1.28. The van der Waals surface area contributed by atoms with E-state index in [2.05, 4.69) is 35.3 Å². The van der Waals surface area contributed by atoms with Gasteiger partial charge in [0.1, 0.15) is 0 Å². The number of unbranched alkanes of at least 4 members (excludes halogenated alkanes) is 5. The zero-order valence-corrected chi connectivity index (χ0v) is 12.4. The smallest absolute Gasteiger partial charge is 0.255 e. The Labute approximate surface area is 97.0 Å². The van der Waals surface area contributed by atoms with E-state index in [-0.39, 0.29) is 0 Å². The van der Waals surface area contributed by atoms with Crippen molar-refractivity contribution >= 4 is 27.6 Å². The molecule has 0 saturated carbocycles. The average Bonchev–Trinajstić information content (AvgIpc) is 2.11. The molecule has 0 fully saturated rings. The molecule has 13 heavy (non-hydrogen) atoms. The van der Waals surface area contributed by atoms with Crippen LogP contribution in [0.15, 0.2) is 0 Å². The van der Waals surface area contributed by atoms with E-state index in [0.29, 0.717) is 0 Å². The summed E-state index contributed by atoms with van der Waals surface area (Å²) in [5.74, 6) is -1.28. The van der Waals surface area contributed by atoms with Crippen molar-refractivity contribution < 1.29 is 4.43 Å². The van der Waals surface area contributed by atoms with Crippen molar-refractivity contribution in [3.8, 4) is 0 Å². The van der Waals surface area contributed by atoms with Gasteiger partial charge in [-0.05, 0) is 12.6 Å². The molecule has 0 bridgehead atoms. The van der Waals surface area contributed by atoms with E-state index < -0.39 is 5.81 Å². The second kappa shape index (κ2) is 8.23. The molecule has 0 aromatic rings. The Kier molecular flexibility index (Phi) is 8.81. The van der Waals surface area contributed by atoms with Gasteiger partial charge in [-0.3, -0.25) is 0 Å². The Morgan fingerprint density at radius 3 is 2.15 bits per heavy atom. The highest BCUT2D eigenvalue weighted by Gasteiger charge is 2.21. The standard InChI is InChI=1S/C10H23IOSi/c1-4-5-6-7-8-9-10-13(3,11)12-2/h4-10H2,1-3H3. The molecular weight excluding hydrogens is 291 g/mol. The van der Waals surface area contributed by atoms with Gasteiger partial charge in [-0.15, -0.1) is 0 Å². The fourth-order valence-corrected chi connectivity index (χ4v) is 3.55. The van der Waals surface area contributed by atoms with E-state index in [1.54, 1.807) is 0 Å². The first-order chi connectivity index (χ1) is 6.12. The van der Waals surface area contributed by atoms with Crippen molar-refractivity contribution in [2.24, 2.45) is 0 Å². The molecule has 0 aliphatic heterocycles. The van der Waals surface area contributed by atoms with Crippen LogP contribution in [0.5, 0.6) is 0 Å². The predicted molar refractivity (Wildman–Crippen MR) is 70.8 cm³/mol. The first-order valence-electron chi connectivity index (χ1n) is 5.36. The van der Waals surface area contributed by atoms with Gasteiger partial charge in [0.15, 0.2) is 0 Å². The Morgan fingerprint density at radius 2 is 1.62 bits per heavy atom. The van der Waals surface area contributed by atoms with E-state index in [1.165, 1.54) is 44.6 Å². The molecule has 0 radical (unpaired) electrons. The minimum Gasteiger partial charge on any atom is -0.410 e. The Morgan fingerprint density at radius 1 is 1.08 bits per heavy atom. The Hall–Kier alpha value is 0.907. The van der Waals surface area contributed by atoms with Gasteiger partial charge in [-0.2, -0.15) is 0 Å². The second-order valence-electron chi connectivity index (χ2n) is 3.82. The highest BCUT2D eigenvalue weighted by molar-refractivity contribution is 14.1. The molecule has 80 valence electrons. The fourth-order valence-electron chi connectivity index (χ4n) is 1.32. The van der Waals surface area contributed by atoms with E-state index >= 15 is 0 Å². The molecule has 1 atom stereocenters. The summed E-state index contributed by atoms with van der Waals surface area (Å²) in [7, 11) is 1.86. The second-order valence-corrected chi connectivity index (χ2v) is 13.8. The summed E-state index contributed by atoms with van der Waals surface area (Å²) in [5, 5.41) is 0.